The van der Waals surface area contributed by atoms with Gasteiger partial charge in [0.15, 0.2) is 6.10 Å². The maximum Gasteiger partial charge on any atom is 0.342 e. The van der Waals surface area contributed by atoms with Crippen LogP contribution in [-0.2, 0) is 17.6 Å². The van der Waals surface area contributed by atoms with Crippen LogP contribution in [0.15, 0.2) is 30.3 Å². The molecule has 6 heteroatoms. The number of halogens is 1. The standard InChI is InChI=1S/C20H20ClNO4/c1-11(19(23)14-7-6-12-4-3-5-13(12)8-14)26-20(24)15-9-16(21)17(22)10-18(15)25-2/h6-11H,3-5,22H2,1-2H3. The van der Waals surface area contributed by atoms with E-state index in [2.05, 4.69) is 0 Å². The number of benzene rings is 2. The van der Waals surface area contributed by atoms with Crippen molar-refractivity contribution in [3.63, 3.8) is 0 Å². The zero-order chi connectivity index (χ0) is 18.8. The fraction of sp³-hybridized carbons (Fsp3) is 0.300. The molecule has 136 valence electrons. The number of ether oxygens (including phenoxy) is 2. The van der Waals surface area contributed by atoms with Gasteiger partial charge in [0.2, 0.25) is 5.78 Å². The average molecular weight is 374 g/mol. The van der Waals surface area contributed by atoms with E-state index in [9.17, 15) is 9.59 Å². The molecule has 1 atom stereocenters. The summed E-state index contributed by atoms with van der Waals surface area (Å²) in [6, 6.07) is 8.50. The first-order valence-electron chi connectivity index (χ1n) is 8.40. The van der Waals surface area contributed by atoms with Gasteiger partial charge in [-0.25, -0.2) is 4.79 Å². The number of anilines is 1. The molecule has 0 aliphatic heterocycles. The van der Waals surface area contributed by atoms with Gasteiger partial charge in [0.25, 0.3) is 0 Å². The van der Waals surface area contributed by atoms with Gasteiger partial charge in [0.05, 0.1) is 17.8 Å². The molecule has 0 bridgehead atoms. The summed E-state index contributed by atoms with van der Waals surface area (Å²) in [7, 11) is 1.42. The van der Waals surface area contributed by atoms with Crippen LogP contribution >= 0.6 is 11.6 Å². The molecule has 1 unspecified atom stereocenters. The number of fused-ring (bicyclic) bond motifs is 1. The summed E-state index contributed by atoms with van der Waals surface area (Å²) in [4.78, 5) is 25.1. The van der Waals surface area contributed by atoms with Crippen molar-refractivity contribution in [1.82, 2.24) is 0 Å². The molecule has 0 fully saturated rings. The first-order valence-corrected chi connectivity index (χ1v) is 8.78. The lowest BCUT2D eigenvalue weighted by Crippen LogP contribution is -2.25. The van der Waals surface area contributed by atoms with E-state index >= 15 is 0 Å². The van der Waals surface area contributed by atoms with Crippen molar-refractivity contribution in [1.29, 1.82) is 0 Å². The number of carbonyl (C=O) groups is 2. The minimum Gasteiger partial charge on any atom is -0.496 e. The fourth-order valence-corrected chi connectivity index (χ4v) is 3.30. The van der Waals surface area contributed by atoms with Gasteiger partial charge in [-0.15, -0.1) is 0 Å². The van der Waals surface area contributed by atoms with E-state index in [1.54, 1.807) is 13.0 Å². The molecule has 2 aromatic carbocycles. The zero-order valence-electron chi connectivity index (χ0n) is 14.7. The Morgan fingerprint density at radius 1 is 1.15 bits per heavy atom. The highest BCUT2D eigenvalue weighted by atomic mass is 35.5. The number of carbonyl (C=O) groups excluding carboxylic acids is 2. The maximum atomic E-state index is 12.6. The molecule has 0 spiro atoms. The molecule has 3 rings (SSSR count). The van der Waals surface area contributed by atoms with Crippen molar-refractivity contribution in [2.45, 2.75) is 32.3 Å². The molecule has 0 aromatic heterocycles. The molecular formula is C20H20ClNO4. The van der Waals surface area contributed by atoms with Gasteiger partial charge in [-0.05, 0) is 49.4 Å². The van der Waals surface area contributed by atoms with Crippen LogP contribution in [0.4, 0.5) is 5.69 Å². The smallest absolute Gasteiger partial charge is 0.342 e. The highest BCUT2D eigenvalue weighted by molar-refractivity contribution is 6.33. The summed E-state index contributed by atoms with van der Waals surface area (Å²) in [6.45, 7) is 1.55. The van der Waals surface area contributed by atoms with Crippen molar-refractivity contribution < 1.29 is 19.1 Å². The lowest BCUT2D eigenvalue weighted by molar-refractivity contribution is 0.0316. The van der Waals surface area contributed by atoms with Crippen molar-refractivity contribution >= 4 is 29.0 Å². The molecule has 26 heavy (non-hydrogen) atoms. The monoisotopic (exact) mass is 373 g/mol. The Kier molecular flexibility index (Phi) is 5.18. The molecule has 2 aromatic rings. The van der Waals surface area contributed by atoms with Gasteiger partial charge in [0.1, 0.15) is 11.3 Å². The van der Waals surface area contributed by atoms with Crippen molar-refractivity contribution in [2.24, 2.45) is 0 Å². The van der Waals surface area contributed by atoms with Crippen LogP contribution in [-0.4, -0.2) is 25.0 Å². The van der Waals surface area contributed by atoms with Gasteiger partial charge < -0.3 is 15.2 Å². The number of aryl methyl sites for hydroxylation is 2. The summed E-state index contributed by atoms with van der Waals surface area (Å²) < 4.78 is 10.5. The molecule has 2 N–H and O–H groups in total. The SMILES string of the molecule is COc1cc(N)c(Cl)cc1C(=O)OC(C)C(=O)c1ccc2c(c1)CCC2. The van der Waals surface area contributed by atoms with Crippen LogP contribution in [0, 0.1) is 0 Å². The molecule has 0 heterocycles. The first kappa shape index (κ1) is 18.3. The Balaban J connectivity index is 1.77. The van der Waals surface area contributed by atoms with Crippen molar-refractivity contribution in [3.05, 3.63) is 57.6 Å². The predicted molar refractivity (Wildman–Crippen MR) is 100 cm³/mol. The predicted octanol–water partition coefficient (Wildman–Crippen LogP) is 3.85. The van der Waals surface area contributed by atoms with Gasteiger partial charge in [-0.2, -0.15) is 0 Å². The van der Waals surface area contributed by atoms with Crippen LogP contribution in [0.5, 0.6) is 5.75 Å². The lowest BCUT2D eigenvalue weighted by atomic mass is 10.0. The van der Waals surface area contributed by atoms with E-state index in [1.165, 1.54) is 30.4 Å². The van der Waals surface area contributed by atoms with Gasteiger partial charge in [-0.3, -0.25) is 4.79 Å². The number of nitrogen functional groups attached to an aromatic ring is 1. The number of Topliss-reactive ketones (excluding diaryl/α,β-unsaturated/α-hetero) is 1. The normalized spacial score (nSPS) is 13.8. The topological polar surface area (TPSA) is 78.6 Å². The largest absolute Gasteiger partial charge is 0.496 e. The third-order valence-electron chi connectivity index (χ3n) is 4.57. The van der Waals surface area contributed by atoms with E-state index < -0.39 is 12.1 Å². The Morgan fingerprint density at radius 3 is 2.62 bits per heavy atom. The number of rotatable bonds is 5. The number of esters is 1. The highest BCUT2D eigenvalue weighted by Gasteiger charge is 2.24. The Morgan fingerprint density at radius 2 is 1.88 bits per heavy atom. The molecule has 0 saturated carbocycles. The maximum absolute atomic E-state index is 12.6. The van der Waals surface area contributed by atoms with E-state index in [0.717, 1.165) is 19.3 Å². The molecular weight excluding hydrogens is 354 g/mol. The molecule has 5 nitrogen and oxygen atoms in total. The summed E-state index contributed by atoms with van der Waals surface area (Å²) in [5.74, 6) is -0.687. The zero-order valence-corrected chi connectivity index (χ0v) is 15.4. The number of hydrogen-bond acceptors (Lipinski definition) is 5. The van der Waals surface area contributed by atoms with Crippen LogP contribution in [0.25, 0.3) is 0 Å². The summed E-state index contributed by atoms with van der Waals surface area (Å²) in [6.07, 6.45) is 2.20. The van der Waals surface area contributed by atoms with Gasteiger partial charge in [-0.1, -0.05) is 23.7 Å². The van der Waals surface area contributed by atoms with Gasteiger partial charge >= 0.3 is 5.97 Å². The summed E-state index contributed by atoms with van der Waals surface area (Å²) in [5.41, 5.74) is 9.17. The van der Waals surface area contributed by atoms with E-state index in [4.69, 9.17) is 26.8 Å². The minimum atomic E-state index is -0.928. The second-order valence-corrected chi connectivity index (χ2v) is 6.73. The average Bonchev–Trinajstić information content (AvgIpc) is 3.10. The third kappa shape index (κ3) is 3.53. The van der Waals surface area contributed by atoms with Gasteiger partial charge in [0, 0.05) is 11.6 Å². The Hall–Kier alpha value is -2.53. The number of hydrogen-bond donors (Lipinski definition) is 1. The second kappa shape index (κ2) is 7.38. The second-order valence-electron chi connectivity index (χ2n) is 6.32. The van der Waals surface area contributed by atoms with E-state index in [0.29, 0.717) is 11.3 Å². The van der Waals surface area contributed by atoms with Crippen LogP contribution in [0.3, 0.4) is 0 Å². The van der Waals surface area contributed by atoms with Crippen LogP contribution < -0.4 is 10.5 Å². The third-order valence-corrected chi connectivity index (χ3v) is 4.90. The summed E-state index contributed by atoms with van der Waals surface area (Å²) >= 11 is 5.98. The minimum absolute atomic E-state index is 0.125. The van der Waals surface area contributed by atoms with Crippen LogP contribution in [0.2, 0.25) is 5.02 Å². The molecule has 0 saturated heterocycles. The first-order chi connectivity index (χ1) is 12.4. The quantitative estimate of drug-likeness (QED) is 0.489. The molecule has 0 radical (unpaired) electrons. The van der Waals surface area contributed by atoms with Crippen LogP contribution in [0.1, 0.15) is 45.2 Å². The van der Waals surface area contributed by atoms with Crippen molar-refractivity contribution in [3.8, 4) is 5.75 Å². The Labute approximate surface area is 157 Å². The molecule has 1 aliphatic rings. The fourth-order valence-electron chi connectivity index (χ4n) is 3.13. The molecule has 1 aliphatic carbocycles. The number of ketones is 1. The Bertz CT molecular complexity index is 878. The van der Waals surface area contributed by atoms with E-state index in [1.807, 2.05) is 12.1 Å². The lowest BCUT2D eigenvalue weighted by Gasteiger charge is -2.15. The molecule has 0 amide bonds. The van der Waals surface area contributed by atoms with Crippen molar-refractivity contribution in [2.75, 3.05) is 12.8 Å². The summed E-state index contributed by atoms with van der Waals surface area (Å²) in [5, 5.41) is 0.218. The van der Waals surface area contributed by atoms with E-state index in [-0.39, 0.29) is 22.1 Å². The highest BCUT2D eigenvalue weighted by Crippen LogP contribution is 2.30. The number of nitrogens with two attached hydrogens (primary N) is 1. The number of methoxy groups -OCH3 is 1.